The third kappa shape index (κ3) is 6.52. The standard InChI is InChI=1S/C20H24BrNO3/c1-14(2)10-18(20(23)24)22-12-16-11-17(21)8-9-19(16)25-13-15-6-4-3-5-7-15/h3-9,11,14,18,22H,10,12-13H2,1-2H3,(H,23,24). The molecule has 0 saturated heterocycles. The highest BCUT2D eigenvalue weighted by Crippen LogP contribution is 2.24. The maximum Gasteiger partial charge on any atom is 0.320 e. The molecule has 0 amide bonds. The second kappa shape index (κ2) is 9.59. The first kappa shape index (κ1) is 19.5. The number of rotatable bonds is 9. The van der Waals surface area contributed by atoms with Gasteiger partial charge in [0.15, 0.2) is 0 Å². The zero-order valence-electron chi connectivity index (χ0n) is 14.5. The van der Waals surface area contributed by atoms with Crippen LogP contribution in [0, 0.1) is 5.92 Å². The maximum absolute atomic E-state index is 11.4. The lowest BCUT2D eigenvalue weighted by atomic mass is 10.0. The summed E-state index contributed by atoms with van der Waals surface area (Å²) in [5.74, 6) is 0.244. The van der Waals surface area contributed by atoms with E-state index in [1.54, 1.807) is 0 Å². The van der Waals surface area contributed by atoms with Gasteiger partial charge in [-0.05, 0) is 36.1 Å². The fourth-order valence-electron chi connectivity index (χ4n) is 2.54. The van der Waals surface area contributed by atoms with Crippen molar-refractivity contribution in [2.75, 3.05) is 0 Å². The average molecular weight is 406 g/mol. The predicted octanol–water partition coefficient (Wildman–Crippen LogP) is 4.62. The molecule has 0 aliphatic carbocycles. The van der Waals surface area contributed by atoms with Crippen molar-refractivity contribution < 1.29 is 14.6 Å². The predicted molar refractivity (Wildman–Crippen MR) is 103 cm³/mol. The van der Waals surface area contributed by atoms with Crippen LogP contribution in [0.2, 0.25) is 0 Å². The molecule has 0 heterocycles. The molecule has 0 bridgehead atoms. The summed E-state index contributed by atoms with van der Waals surface area (Å²) < 4.78 is 6.88. The number of nitrogens with one attached hydrogen (secondary N) is 1. The van der Waals surface area contributed by atoms with E-state index < -0.39 is 12.0 Å². The number of ether oxygens (including phenoxy) is 1. The molecule has 0 radical (unpaired) electrons. The van der Waals surface area contributed by atoms with Gasteiger partial charge in [0.1, 0.15) is 18.4 Å². The van der Waals surface area contributed by atoms with Crippen LogP contribution in [-0.2, 0) is 17.9 Å². The van der Waals surface area contributed by atoms with Crippen LogP contribution in [0.15, 0.2) is 53.0 Å². The topological polar surface area (TPSA) is 58.6 Å². The summed E-state index contributed by atoms with van der Waals surface area (Å²) in [5.41, 5.74) is 2.02. The van der Waals surface area contributed by atoms with Crippen LogP contribution >= 0.6 is 15.9 Å². The van der Waals surface area contributed by atoms with Gasteiger partial charge in [0.05, 0.1) is 0 Å². The number of hydrogen-bond acceptors (Lipinski definition) is 3. The van der Waals surface area contributed by atoms with E-state index in [0.717, 1.165) is 21.3 Å². The van der Waals surface area contributed by atoms with Gasteiger partial charge in [-0.1, -0.05) is 60.1 Å². The first-order chi connectivity index (χ1) is 12.0. The summed E-state index contributed by atoms with van der Waals surface area (Å²) in [6, 6.07) is 15.2. The molecule has 2 rings (SSSR count). The Labute approximate surface area is 157 Å². The number of benzene rings is 2. The summed E-state index contributed by atoms with van der Waals surface area (Å²) in [5, 5.41) is 12.5. The molecular weight excluding hydrogens is 382 g/mol. The molecule has 1 atom stereocenters. The summed E-state index contributed by atoms with van der Waals surface area (Å²) in [6.45, 7) is 4.95. The smallest absolute Gasteiger partial charge is 0.320 e. The first-order valence-electron chi connectivity index (χ1n) is 8.37. The Hall–Kier alpha value is -1.85. The lowest BCUT2D eigenvalue weighted by Crippen LogP contribution is -2.37. The number of carboxylic acids is 1. The molecule has 25 heavy (non-hydrogen) atoms. The number of carbonyl (C=O) groups is 1. The SMILES string of the molecule is CC(C)CC(NCc1cc(Br)ccc1OCc1ccccc1)C(=O)O. The van der Waals surface area contributed by atoms with Gasteiger partial charge >= 0.3 is 5.97 Å². The first-order valence-corrected chi connectivity index (χ1v) is 9.16. The third-order valence-corrected chi connectivity index (χ3v) is 4.30. The lowest BCUT2D eigenvalue weighted by Gasteiger charge is -2.18. The molecule has 0 saturated carbocycles. The van der Waals surface area contributed by atoms with Crippen molar-refractivity contribution in [3.05, 3.63) is 64.1 Å². The monoisotopic (exact) mass is 405 g/mol. The van der Waals surface area contributed by atoms with E-state index in [2.05, 4.69) is 21.2 Å². The van der Waals surface area contributed by atoms with E-state index in [9.17, 15) is 9.90 Å². The Balaban J connectivity index is 2.05. The molecule has 0 fully saturated rings. The van der Waals surface area contributed by atoms with Crippen molar-refractivity contribution in [1.82, 2.24) is 5.32 Å². The summed E-state index contributed by atoms with van der Waals surface area (Å²) in [7, 11) is 0. The third-order valence-electron chi connectivity index (χ3n) is 3.80. The van der Waals surface area contributed by atoms with Crippen LogP contribution in [0.1, 0.15) is 31.4 Å². The molecule has 4 nitrogen and oxygen atoms in total. The normalized spacial score (nSPS) is 12.2. The fourth-order valence-corrected chi connectivity index (χ4v) is 2.95. The molecule has 2 aromatic carbocycles. The van der Waals surface area contributed by atoms with Crippen molar-refractivity contribution in [1.29, 1.82) is 0 Å². The van der Waals surface area contributed by atoms with E-state index in [1.807, 2.05) is 62.4 Å². The molecule has 2 aromatic rings. The van der Waals surface area contributed by atoms with Gasteiger partial charge in [-0.2, -0.15) is 0 Å². The Bertz CT molecular complexity index is 689. The van der Waals surface area contributed by atoms with Crippen molar-refractivity contribution in [2.24, 2.45) is 5.92 Å². The molecule has 0 aliphatic heterocycles. The van der Waals surface area contributed by atoms with Gasteiger partial charge in [0, 0.05) is 16.6 Å². The van der Waals surface area contributed by atoms with Crippen LogP contribution in [-0.4, -0.2) is 17.1 Å². The summed E-state index contributed by atoms with van der Waals surface area (Å²) in [4.78, 5) is 11.4. The Kier molecular flexibility index (Phi) is 7.47. The minimum atomic E-state index is -0.824. The van der Waals surface area contributed by atoms with Crippen LogP contribution in [0.4, 0.5) is 0 Å². The highest BCUT2D eigenvalue weighted by atomic mass is 79.9. The second-order valence-corrected chi connectivity index (χ2v) is 7.34. The zero-order valence-corrected chi connectivity index (χ0v) is 16.1. The van der Waals surface area contributed by atoms with Crippen LogP contribution in [0.3, 0.4) is 0 Å². The molecule has 0 aromatic heterocycles. The van der Waals surface area contributed by atoms with E-state index >= 15 is 0 Å². The van der Waals surface area contributed by atoms with E-state index in [0.29, 0.717) is 25.5 Å². The molecule has 2 N–H and O–H groups in total. The minimum absolute atomic E-state index is 0.310. The Morgan fingerprint density at radius 3 is 2.56 bits per heavy atom. The van der Waals surface area contributed by atoms with Crippen LogP contribution in [0.5, 0.6) is 5.75 Å². The number of aliphatic carboxylic acids is 1. The fraction of sp³-hybridized carbons (Fsp3) is 0.350. The highest BCUT2D eigenvalue weighted by molar-refractivity contribution is 9.10. The lowest BCUT2D eigenvalue weighted by molar-refractivity contribution is -0.140. The van der Waals surface area contributed by atoms with Crippen molar-refractivity contribution in [3.8, 4) is 5.75 Å². The Morgan fingerprint density at radius 2 is 1.92 bits per heavy atom. The van der Waals surface area contributed by atoms with E-state index in [1.165, 1.54) is 0 Å². The van der Waals surface area contributed by atoms with E-state index in [-0.39, 0.29) is 0 Å². The second-order valence-electron chi connectivity index (χ2n) is 6.43. The van der Waals surface area contributed by atoms with Crippen LogP contribution in [0.25, 0.3) is 0 Å². The van der Waals surface area contributed by atoms with Gasteiger partial charge in [-0.25, -0.2) is 0 Å². The largest absolute Gasteiger partial charge is 0.489 e. The van der Waals surface area contributed by atoms with Crippen LogP contribution < -0.4 is 10.1 Å². The average Bonchev–Trinajstić information content (AvgIpc) is 2.58. The van der Waals surface area contributed by atoms with Gasteiger partial charge in [0.25, 0.3) is 0 Å². The highest BCUT2D eigenvalue weighted by Gasteiger charge is 2.19. The number of hydrogen-bond donors (Lipinski definition) is 2. The molecule has 1 unspecified atom stereocenters. The maximum atomic E-state index is 11.4. The van der Waals surface area contributed by atoms with Gasteiger partial charge in [-0.3, -0.25) is 4.79 Å². The summed E-state index contributed by atoms with van der Waals surface area (Å²) in [6.07, 6.45) is 0.587. The molecular formula is C20H24BrNO3. The van der Waals surface area contributed by atoms with Gasteiger partial charge < -0.3 is 15.2 Å². The molecule has 5 heteroatoms. The molecule has 134 valence electrons. The Morgan fingerprint density at radius 1 is 1.20 bits per heavy atom. The molecule has 0 spiro atoms. The minimum Gasteiger partial charge on any atom is -0.489 e. The van der Waals surface area contributed by atoms with Crippen molar-refractivity contribution in [3.63, 3.8) is 0 Å². The van der Waals surface area contributed by atoms with E-state index in [4.69, 9.17) is 4.74 Å². The van der Waals surface area contributed by atoms with Gasteiger partial charge in [0.2, 0.25) is 0 Å². The van der Waals surface area contributed by atoms with Crippen molar-refractivity contribution in [2.45, 2.75) is 39.5 Å². The quantitative estimate of drug-likeness (QED) is 0.638. The van der Waals surface area contributed by atoms with Gasteiger partial charge in [-0.15, -0.1) is 0 Å². The number of carboxylic acid groups (broad SMARTS) is 1. The number of halogens is 1. The van der Waals surface area contributed by atoms with Crippen molar-refractivity contribution >= 4 is 21.9 Å². The summed E-state index contributed by atoms with van der Waals surface area (Å²) >= 11 is 3.47. The molecule has 0 aliphatic rings. The zero-order chi connectivity index (χ0) is 18.2.